The van der Waals surface area contributed by atoms with Gasteiger partial charge in [0.2, 0.25) is 0 Å². The molecule has 1 saturated heterocycles. The second kappa shape index (κ2) is 11.7. The monoisotopic (exact) mass is 554 g/mol. The molecule has 0 radical (unpaired) electrons. The largest absolute Gasteiger partial charge is 0.507 e. The fourth-order valence-electron chi connectivity index (χ4n) is 4.85. The molecule has 0 amide bonds. The van der Waals surface area contributed by atoms with E-state index in [1.807, 2.05) is 0 Å². The van der Waals surface area contributed by atoms with Crippen molar-refractivity contribution in [1.82, 2.24) is 9.88 Å². The Labute approximate surface area is 222 Å². The quantitative estimate of drug-likeness (QED) is 0.271. The molecule has 4 rings (SSSR count). The first-order valence-corrected chi connectivity index (χ1v) is 13.7. The van der Waals surface area contributed by atoms with Crippen LogP contribution in [0.15, 0.2) is 46.1 Å². The highest BCUT2D eigenvalue weighted by Gasteiger charge is 2.31. The molecule has 0 bridgehead atoms. The van der Waals surface area contributed by atoms with E-state index < -0.39 is 23.4 Å². The second-order valence-electron chi connectivity index (χ2n) is 9.57. The average Bonchev–Trinajstić information content (AvgIpc) is 2.84. The Hall–Kier alpha value is -2.20. The first-order chi connectivity index (χ1) is 17.5. The van der Waals surface area contributed by atoms with E-state index in [4.69, 9.17) is 11.6 Å². The molecule has 3 N–H and O–H groups in total. The Kier molecular flexibility index (Phi) is 8.78. The SMILES string of the molecule is CC1CCCCN1CCCC(O)CSc1c(-c2cc(Cl)ccc2O)c2cc(C(F)(F)F)ccc2[nH]c1=O. The number of alkyl halides is 3. The Balaban J connectivity index is 1.63. The Morgan fingerprint density at radius 3 is 2.73 bits per heavy atom. The van der Waals surface area contributed by atoms with Gasteiger partial charge in [-0.25, -0.2) is 0 Å². The number of phenols is 1. The number of aromatic hydroxyl groups is 1. The molecule has 10 heteroatoms. The highest BCUT2D eigenvalue weighted by atomic mass is 35.5. The van der Waals surface area contributed by atoms with E-state index in [-0.39, 0.29) is 43.5 Å². The highest BCUT2D eigenvalue weighted by molar-refractivity contribution is 7.99. The normalized spacial score (nSPS) is 17.8. The van der Waals surface area contributed by atoms with Gasteiger partial charge in [-0.15, -0.1) is 11.8 Å². The van der Waals surface area contributed by atoms with Gasteiger partial charge >= 0.3 is 6.18 Å². The number of piperidine rings is 1. The zero-order chi connectivity index (χ0) is 26.7. The number of H-pyrrole nitrogens is 1. The molecule has 0 aliphatic carbocycles. The van der Waals surface area contributed by atoms with Crippen LogP contribution < -0.4 is 5.56 Å². The van der Waals surface area contributed by atoms with Gasteiger partial charge in [0, 0.05) is 38.8 Å². The first kappa shape index (κ1) is 27.8. The topological polar surface area (TPSA) is 76.6 Å². The molecule has 1 fully saturated rings. The van der Waals surface area contributed by atoms with Crippen molar-refractivity contribution in [3.63, 3.8) is 0 Å². The minimum Gasteiger partial charge on any atom is -0.507 e. The van der Waals surface area contributed by atoms with E-state index in [9.17, 15) is 28.2 Å². The summed E-state index contributed by atoms with van der Waals surface area (Å²) in [7, 11) is 0. The Bertz CT molecular complexity index is 1310. The fraction of sp³-hybridized carbons (Fsp3) is 0.444. The number of halogens is 4. The summed E-state index contributed by atoms with van der Waals surface area (Å²) in [5.41, 5.74) is -0.880. The summed E-state index contributed by atoms with van der Waals surface area (Å²) >= 11 is 7.21. The standard InChI is InChI=1S/C27H30ClF3N2O3S/c1-16-5-2-3-11-33(16)12-4-6-19(34)15-37-25-24(21-14-18(28)8-10-23(21)35)20-13-17(27(29,30)31)7-9-22(20)32-26(25)36/h7-10,13-14,16,19,34-35H,2-6,11-12,15H2,1H3,(H,32,36). The molecule has 5 nitrogen and oxygen atoms in total. The van der Waals surface area contributed by atoms with E-state index in [0.29, 0.717) is 12.5 Å². The van der Waals surface area contributed by atoms with Crippen LogP contribution in [0.5, 0.6) is 5.75 Å². The van der Waals surface area contributed by atoms with Crippen LogP contribution in [0, 0.1) is 0 Å². The van der Waals surface area contributed by atoms with Gasteiger partial charge in [0.25, 0.3) is 5.56 Å². The van der Waals surface area contributed by atoms with Crippen molar-refractivity contribution in [3.8, 4) is 16.9 Å². The van der Waals surface area contributed by atoms with Gasteiger partial charge in [0.1, 0.15) is 5.75 Å². The van der Waals surface area contributed by atoms with Crippen molar-refractivity contribution < 1.29 is 23.4 Å². The minimum atomic E-state index is -4.59. The Morgan fingerprint density at radius 2 is 2.00 bits per heavy atom. The fourth-order valence-corrected chi connectivity index (χ4v) is 6.09. The number of fused-ring (bicyclic) bond motifs is 1. The van der Waals surface area contributed by atoms with E-state index in [1.54, 1.807) is 0 Å². The lowest BCUT2D eigenvalue weighted by atomic mass is 9.98. The summed E-state index contributed by atoms with van der Waals surface area (Å²) in [4.78, 5) is 18.3. The molecule has 0 spiro atoms. The molecule has 2 unspecified atom stereocenters. The molecule has 1 aromatic heterocycles. The third-order valence-corrected chi connectivity index (χ3v) is 8.33. The van der Waals surface area contributed by atoms with Gasteiger partial charge in [0.15, 0.2) is 0 Å². The molecule has 3 aromatic rings. The van der Waals surface area contributed by atoms with Crippen molar-refractivity contribution in [1.29, 1.82) is 0 Å². The number of likely N-dealkylation sites (tertiary alicyclic amines) is 1. The number of thioether (sulfide) groups is 1. The molecule has 2 aromatic carbocycles. The number of aromatic nitrogens is 1. The lowest BCUT2D eigenvalue weighted by molar-refractivity contribution is -0.137. The lowest BCUT2D eigenvalue weighted by Crippen LogP contribution is -2.38. The number of nitrogens with one attached hydrogen (secondary N) is 1. The third-order valence-electron chi connectivity index (χ3n) is 6.87. The number of pyridine rings is 1. The molecule has 37 heavy (non-hydrogen) atoms. The second-order valence-corrected chi connectivity index (χ2v) is 11.0. The van der Waals surface area contributed by atoms with Crippen molar-refractivity contribution in [2.24, 2.45) is 0 Å². The zero-order valence-electron chi connectivity index (χ0n) is 20.4. The number of aliphatic hydroxyl groups is 1. The van der Waals surface area contributed by atoms with Crippen molar-refractivity contribution >= 4 is 34.3 Å². The van der Waals surface area contributed by atoms with Crippen LogP contribution in [0.4, 0.5) is 13.2 Å². The van der Waals surface area contributed by atoms with Crippen LogP contribution in [-0.4, -0.2) is 51.1 Å². The van der Waals surface area contributed by atoms with E-state index in [2.05, 4.69) is 16.8 Å². The lowest BCUT2D eigenvalue weighted by Gasteiger charge is -2.33. The maximum Gasteiger partial charge on any atom is 0.416 e. The molecular weight excluding hydrogens is 525 g/mol. The van der Waals surface area contributed by atoms with Gasteiger partial charge in [-0.3, -0.25) is 4.79 Å². The minimum absolute atomic E-state index is 0.119. The van der Waals surface area contributed by atoms with Crippen molar-refractivity contribution in [3.05, 3.63) is 57.3 Å². The van der Waals surface area contributed by atoms with Crippen LogP contribution in [0.2, 0.25) is 5.02 Å². The number of hydrogen-bond acceptors (Lipinski definition) is 5. The van der Waals surface area contributed by atoms with Gasteiger partial charge in [-0.05, 0) is 82.1 Å². The van der Waals surface area contributed by atoms with Crippen molar-refractivity contribution in [2.75, 3.05) is 18.8 Å². The molecule has 2 atom stereocenters. The summed E-state index contributed by atoms with van der Waals surface area (Å²) in [6.45, 7) is 4.17. The number of phenolic OH excluding ortho intramolecular Hbond substituents is 1. The summed E-state index contributed by atoms with van der Waals surface area (Å²) in [6, 6.07) is 7.81. The molecule has 1 aliphatic rings. The highest BCUT2D eigenvalue weighted by Crippen LogP contribution is 2.42. The smallest absolute Gasteiger partial charge is 0.416 e. The number of aromatic amines is 1. The van der Waals surface area contributed by atoms with Gasteiger partial charge < -0.3 is 20.1 Å². The van der Waals surface area contributed by atoms with E-state index in [0.717, 1.165) is 43.4 Å². The van der Waals surface area contributed by atoms with Gasteiger partial charge in [-0.1, -0.05) is 18.0 Å². The number of aliphatic hydroxyl groups excluding tert-OH is 1. The predicted octanol–water partition coefficient (Wildman–Crippen LogP) is 6.68. The first-order valence-electron chi connectivity index (χ1n) is 12.4. The summed E-state index contributed by atoms with van der Waals surface area (Å²) in [6.07, 6.45) is -0.350. The molecule has 2 heterocycles. The van der Waals surface area contributed by atoms with Gasteiger partial charge in [-0.2, -0.15) is 13.2 Å². The zero-order valence-corrected chi connectivity index (χ0v) is 22.0. The maximum atomic E-state index is 13.5. The number of benzene rings is 2. The summed E-state index contributed by atoms with van der Waals surface area (Å²) < 4.78 is 40.6. The van der Waals surface area contributed by atoms with Gasteiger partial charge in [0.05, 0.1) is 16.6 Å². The molecule has 0 saturated carbocycles. The van der Waals surface area contributed by atoms with E-state index >= 15 is 0 Å². The number of rotatable bonds is 8. The predicted molar refractivity (Wildman–Crippen MR) is 143 cm³/mol. The number of hydrogen-bond donors (Lipinski definition) is 3. The van der Waals surface area contributed by atoms with Crippen LogP contribution >= 0.6 is 23.4 Å². The average molecular weight is 555 g/mol. The van der Waals surface area contributed by atoms with E-state index in [1.165, 1.54) is 43.5 Å². The summed E-state index contributed by atoms with van der Waals surface area (Å²) in [5, 5.41) is 21.6. The maximum absolute atomic E-state index is 13.5. The van der Waals surface area contributed by atoms with Crippen LogP contribution in [0.3, 0.4) is 0 Å². The molecule has 200 valence electrons. The molecule has 1 aliphatic heterocycles. The van der Waals surface area contributed by atoms with Crippen molar-refractivity contribution in [2.45, 2.75) is 62.2 Å². The molecular formula is C27H30ClF3N2O3S. The Morgan fingerprint density at radius 1 is 1.22 bits per heavy atom. The summed E-state index contributed by atoms with van der Waals surface area (Å²) in [5.74, 6) is -0.0380. The number of nitrogens with zero attached hydrogens (tertiary/aromatic N) is 1. The van der Waals surface area contributed by atoms with Crippen LogP contribution in [0.1, 0.15) is 44.6 Å². The third kappa shape index (κ3) is 6.63. The van der Waals surface area contributed by atoms with Crippen LogP contribution in [-0.2, 0) is 6.18 Å². The van der Waals surface area contributed by atoms with Crippen LogP contribution in [0.25, 0.3) is 22.0 Å².